The van der Waals surface area contributed by atoms with Crippen LogP contribution in [-0.4, -0.2) is 4.92 Å². The van der Waals surface area contributed by atoms with E-state index < -0.39 is 4.92 Å². The van der Waals surface area contributed by atoms with E-state index in [2.05, 4.69) is 5.32 Å². The van der Waals surface area contributed by atoms with E-state index in [0.29, 0.717) is 28.1 Å². The van der Waals surface area contributed by atoms with Gasteiger partial charge in [-0.1, -0.05) is 12.1 Å². The number of hydrogen-bond acceptors (Lipinski definition) is 5. The van der Waals surface area contributed by atoms with E-state index in [9.17, 15) is 15.4 Å². The number of nitro groups is 1. The standard InChI is InChI=1S/C14H10N4O2/c1-9-11(7-15)5-12(8-16)14(17-9)10-3-2-4-13(6-10)18(19)20/h2-4,6,17H,5H2,1H3. The number of nitriles is 2. The molecular formula is C14H10N4O2. The maximum atomic E-state index is 10.8. The summed E-state index contributed by atoms with van der Waals surface area (Å²) < 4.78 is 0. The number of allylic oxidation sites excluding steroid dienone is 3. The van der Waals surface area contributed by atoms with Gasteiger partial charge >= 0.3 is 0 Å². The zero-order chi connectivity index (χ0) is 14.7. The Hall–Kier alpha value is -3.12. The van der Waals surface area contributed by atoms with E-state index in [1.54, 1.807) is 19.1 Å². The van der Waals surface area contributed by atoms with Crippen LogP contribution in [0.2, 0.25) is 0 Å². The zero-order valence-corrected chi connectivity index (χ0v) is 10.7. The van der Waals surface area contributed by atoms with Crippen LogP contribution in [0.25, 0.3) is 5.70 Å². The molecule has 1 aromatic rings. The first kappa shape index (κ1) is 13.3. The van der Waals surface area contributed by atoms with E-state index in [0.717, 1.165) is 0 Å². The van der Waals surface area contributed by atoms with Crippen LogP contribution in [0.1, 0.15) is 18.9 Å². The number of nitro benzene ring substituents is 1. The Morgan fingerprint density at radius 1 is 1.30 bits per heavy atom. The van der Waals surface area contributed by atoms with Crippen molar-refractivity contribution in [1.29, 1.82) is 10.5 Å². The molecule has 1 aliphatic rings. The fraction of sp³-hybridized carbons (Fsp3) is 0.143. The third-order valence-corrected chi connectivity index (χ3v) is 3.04. The van der Waals surface area contributed by atoms with E-state index in [-0.39, 0.29) is 12.1 Å². The van der Waals surface area contributed by atoms with Crippen molar-refractivity contribution in [2.75, 3.05) is 0 Å². The van der Waals surface area contributed by atoms with Crippen LogP contribution >= 0.6 is 0 Å². The predicted molar refractivity (Wildman–Crippen MR) is 71.7 cm³/mol. The van der Waals surface area contributed by atoms with Crippen LogP contribution in [0.4, 0.5) is 5.69 Å². The molecule has 6 heteroatoms. The lowest BCUT2D eigenvalue weighted by Crippen LogP contribution is -2.18. The maximum Gasteiger partial charge on any atom is 0.270 e. The zero-order valence-electron chi connectivity index (χ0n) is 10.7. The van der Waals surface area contributed by atoms with Crippen molar-refractivity contribution in [3.63, 3.8) is 0 Å². The largest absolute Gasteiger partial charge is 0.357 e. The smallest absolute Gasteiger partial charge is 0.270 e. The molecule has 0 aromatic heterocycles. The Morgan fingerprint density at radius 2 is 2.00 bits per heavy atom. The minimum Gasteiger partial charge on any atom is -0.357 e. The third-order valence-electron chi connectivity index (χ3n) is 3.04. The fourth-order valence-corrected chi connectivity index (χ4v) is 1.98. The van der Waals surface area contributed by atoms with Gasteiger partial charge in [-0.3, -0.25) is 10.1 Å². The molecule has 0 spiro atoms. The first-order chi connectivity index (χ1) is 9.56. The molecule has 0 aliphatic carbocycles. The predicted octanol–water partition coefficient (Wildman–Crippen LogP) is 2.62. The highest BCUT2D eigenvalue weighted by molar-refractivity contribution is 5.75. The molecule has 0 amide bonds. The maximum absolute atomic E-state index is 10.8. The number of rotatable bonds is 2. The van der Waals surface area contributed by atoms with Crippen LogP contribution < -0.4 is 5.32 Å². The average molecular weight is 266 g/mol. The Labute approximate surface area is 115 Å². The molecule has 0 atom stereocenters. The Kier molecular flexibility index (Phi) is 3.49. The number of dihydropyridines is 1. The van der Waals surface area contributed by atoms with E-state index >= 15 is 0 Å². The SMILES string of the molecule is CC1=C(C#N)CC(C#N)=C(c2cccc([N+](=O)[O-])c2)N1. The molecule has 1 aliphatic heterocycles. The molecule has 0 fully saturated rings. The van der Waals surface area contributed by atoms with Crippen molar-refractivity contribution in [3.8, 4) is 12.1 Å². The minimum atomic E-state index is -0.484. The van der Waals surface area contributed by atoms with Crippen LogP contribution in [0.3, 0.4) is 0 Å². The Bertz CT molecular complexity index is 732. The van der Waals surface area contributed by atoms with Crippen molar-refractivity contribution < 1.29 is 4.92 Å². The molecule has 0 saturated carbocycles. The normalized spacial score (nSPS) is 14.3. The van der Waals surface area contributed by atoms with Crippen LogP contribution in [0, 0.1) is 32.8 Å². The topological polar surface area (TPSA) is 103 Å². The summed E-state index contributed by atoms with van der Waals surface area (Å²) in [5.41, 5.74) is 2.60. The molecule has 0 radical (unpaired) electrons. The number of nitrogens with one attached hydrogen (secondary N) is 1. The lowest BCUT2D eigenvalue weighted by Gasteiger charge is -2.20. The van der Waals surface area contributed by atoms with Gasteiger partial charge < -0.3 is 5.32 Å². The summed E-state index contributed by atoms with van der Waals surface area (Å²) in [6, 6.07) is 10.1. The van der Waals surface area contributed by atoms with Gasteiger partial charge in [-0.05, 0) is 6.92 Å². The number of non-ortho nitro benzene ring substituents is 1. The summed E-state index contributed by atoms with van der Waals surface area (Å²) in [6.45, 7) is 1.74. The Balaban J connectivity index is 2.49. The summed E-state index contributed by atoms with van der Waals surface area (Å²) >= 11 is 0. The minimum absolute atomic E-state index is 0.0400. The van der Waals surface area contributed by atoms with Crippen molar-refractivity contribution in [2.24, 2.45) is 0 Å². The summed E-state index contributed by atoms with van der Waals surface area (Å²) in [4.78, 5) is 10.3. The fourth-order valence-electron chi connectivity index (χ4n) is 1.98. The molecule has 20 heavy (non-hydrogen) atoms. The molecule has 98 valence electrons. The van der Waals surface area contributed by atoms with Gasteiger partial charge in [0.25, 0.3) is 5.69 Å². The van der Waals surface area contributed by atoms with Gasteiger partial charge in [0.2, 0.25) is 0 Å². The van der Waals surface area contributed by atoms with Crippen molar-refractivity contribution in [1.82, 2.24) is 5.32 Å². The molecule has 1 aromatic carbocycles. The van der Waals surface area contributed by atoms with E-state index in [1.807, 2.05) is 12.1 Å². The highest BCUT2D eigenvalue weighted by atomic mass is 16.6. The molecule has 1 N–H and O–H groups in total. The van der Waals surface area contributed by atoms with Crippen LogP contribution in [0.5, 0.6) is 0 Å². The molecule has 0 saturated heterocycles. The van der Waals surface area contributed by atoms with Gasteiger partial charge in [-0.2, -0.15) is 10.5 Å². The van der Waals surface area contributed by atoms with E-state index in [4.69, 9.17) is 5.26 Å². The van der Waals surface area contributed by atoms with Gasteiger partial charge in [0.05, 0.1) is 33.9 Å². The second kappa shape index (κ2) is 5.25. The first-order valence-corrected chi connectivity index (χ1v) is 5.81. The van der Waals surface area contributed by atoms with Crippen molar-refractivity contribution >= 4 is 11.4 Å². The van der Waals surface area contributed by atoms with Gasteiger partial charge in [-0.15, -0.1) is 0 Å². The van der Waals surface area contributed by atoms with Gasteiger partial charge in [-0.25, -0.2) is 0 Å². The van der Waals surface area contributed by atoms with Crippen molar-refractivity contribution in [2.45, 2.75) is 13.3 Å². The first-order valence-electron chi connectivity index (χ1n) is 5.81. The third kappa shape index (κ3) is 2.36. The summed E-state index contributed by atoms with van der Waals surface area (Å²) in [6.07, 6.45) is 0.240. The highest BCUT2D eigenvalue weighted by Gasteiger charge is 2.20. The van der Waals surface area contributed by atoms with Gasteiger partial charge in [0.15, 0.2) is 0 Å². The quantitative estimate of drug-likeness (QED) is 0.654. The van der Waals surface area contributed by atoms with Gasteiger partial charge in [0, 0.05) is 29.8 Å². The average Bonchev–Trinajstić information content (AvgIpc) is 2.47. The van der Waals surface area contributed by atoms with Crippen molar-refractivity contribution in [3.05, 3.63) is 56.8 Å². The summed E-state index contributed by atoms with van der Waals surface area (Å²) in [5.74, 6) is 0. The van der Waals surface area contributed by atoms with Crippen LogP contribution in [0.15, 0.2) is 41.1 Å². The number of benzene rings is 1. The molecule has 0 bridgehead atoms. The number of nitrogens with zero attached hydrogens (tertiary/aromatic N) is 3. The monoisotopic (exact) mass is 266 g/mol. The van der Waals surface area contributed by atoms with Crippen LogP contribution in [-0.2, 0) is 0 Å². The van der Waals surface area contributed by atoms with Gasteiger partial charge in [0.1, 0.15) is 0 Å². The second-order valence-corrected chi connectivity index (χ2v) is 4.29. The van der Waals surface area contributed by atoms with E-state index in [1.165, 1.54) is 12.1 Å². The molecule has 6 nitrogen and oxygen atoms in total. The second-order valence-electron chi connectivity index (χ2n) is 4.29. The summed E-state index contributed by atoms with van der Waals surface area (Å²) in [7, 11) is 0. The molecule has 1 heterocycles. The molecular weight excluding hydrogens is 256 g/mol. The number of hydrogen-bond donors (Lipinski definition) is 1. The Morgan fingerprint density at radius 3 is 2.60 bits per heavy atom. The summed E-state index contributed by atoms with van der Waals surface area (Å²) in [5, 5.41) is 32.0. The molecule has 0 unspecified atom stereocenters. The molecule has 2 rings (SSSR count). The lowest BCUT2D eigenvalue weighted by molar-refractivity contribution is -0.384. The highest BCUT2D eigenvalue weighted by Crippen LogP contribution is 2.29. The lowest BCUT2D eigenvalue weighted by atomic mass is 9.96.